The summed E-state index contributed by atoms with van der Waals surface area (Å²) >= 11 is 0. The molecule has 0 spiro atoms. The molecule has 2 atom stereocenters. The molecule has 1 aliphatic heterocycles. The van der Waals surface area contributed by atoms with Crippen molar-refractivity contribution in [2.24, 2.45) is 0 Å². The third-order valence-corrected chi connectivity index (χ3v) is 7.66. The molecule has 0 bridgehead atoms. The molecule has 0 aliphatic carbocycles. The van der Waals surface area contributed by atoms with Crippen molar-refractivity contribution < 1.29 is 14.1 Å². The van der Waals surface area contributed by atoms with E-state index in [1.807, 2.05) is 23.1 Å². The Morgan fingerprint density at radius 2 is 1.44 bits per heavy atom. The van der Waals surface area contributed by atoms with Crippen molar-refractivity contribution in [1.82, 2.24) is 10.2 Å². The molecule has 1 heterocycles. The van der Waals surface area contributed by atoms with E-state index in [9.17, 15) is 9.59 Å². The Kier molecular flexibility index (Phi) is 14.1. The molecule has 1 aliphatic rings. The summed E-state index contributed by atoms with van der Waals surface area (Å²) in [5.74, 6) is 0.137. The van der Waals surface area contributed by atoms with E-state index < -0.39 is 0 Å². The van der Waals surface area contributed by atoms with E-state index in [-0.39, 0.29) is 23.9 Å². The van der Waals surface area contributed by atoms with Crippen LogP contribution in [0.2, 0.25) is 0 Å². The van der Waals surface area contributed by atoms with E-state index in [4.69, 9.17) is 0 Å². The second-order valence-electron chi connectivity index (χ2n) is 11.7. The fourth-order valence-electron chi connectivity index (χ4n) is 5.32. The topological polar surface area (TPSA) is 49.4 Å². The Morgan fingerprint density at radius 1 is 0.889 bits per heavy atom. The van der Waals surface area contributed by atoms with Gasteiger partial charge in [0.15, 0.2) is 6.04 Å². The average molecular weight is 501 g/mol. The molecule has 0 radical (unpaired) electrons. The summed E-state index contributed by atoms with van der Waals surface area (Å²) in [4.78, 5) is 28.5. The number of nitrogens with one attached hydrogen (secondary N) is 1. The fourth-order valence-corrected chi connectivity index (χ4v) is 5.32. The van der Waals surface area contributed by atoms with Gasteiger partial charge in [-0.2, -0.15) is 0 Å². The van der Waals surface area contributed by atoms with Gasteiger partial charge in [-0.1, -0.05) is 108 Å². The van der Waals surface area contributed by atoms with Gasteiger partial charge in [-0.15, -0.1) is 0 Å². The van der Waals surface area contributed by atoms with Gasteiger partial charge in [0.05, 0.1) is 21.1 Å². The normalized spacial score (nSPS) is 16.8. The van der Waals surface area contributed by atoms with Gasteiger partial charge >= 0.3 is 0 Å². The molecular weight excluding hydrogens is 446 g/mol. The van der Waals surface area contributed by atoms with Gasteiger partial charge in [0.2, 0.25) is 5.91 Å². The van der Waals surface area contributed by atoms with Crippen LogP contribution in [0.1, 0.15) is 102 Å². The summed E-state index contributed by atoms with van der Waals surface area (Å²) in [5.41, 5.74) is 1.16. The third kappa shape index (κ3) is 11.0. The maximum absolute atomic E-state index is 13.6. The predicted molar refractivity (Wildman–Crippen MR) is 151 cm³/mol. The third-order valence-electron chi connectivity index (χ3n) is 7.66. The number of hydrogen-bond acceptors (Lipinski definition) is 2. The van der Waals surface area contributed by atoms with Crippen LogP contribution in [0.25, 0.3) is 0 Å². The lowest BCUT2D eigenvalue weighted by Gasteiger charge is -2.37. The monoisotopic (exact) mass is 500 g/mol. The smallest absolute Gasteiger partial charge is 0.281 e. The first-order valence-corrected chi connectivity index (χ1v) is 14.8. The number of likely N-dealkylation sites (tertiary alicyclic amines) is 1. The summed E-state index contributed by atoms with van der Waals surface area (Å²) in [6.07, 6.45) is 18.1. The summed E-state index contributed by atoms with van der Waals surface area (Å²) in [7, 11) is 6.22. The van der Waals surface area contributed by atoms with E-state index in [2.05, 4.69) is 45.5 Å². The van der Waals surface area contributed by atoms with Crippen LogP contribution in [0.15, 0.2) is 30.3 Å². The number of amides is 2. The fraction of sp³-hybridized carbons (Fsp3) is 0.742. The molecule has 1 fully saturated rings. The minimum atomic E-state index is -0.320. The summed E-state index contributed by atoms with van der Waals surface area (Å²) in [6.45, 7) is 3.67. The quantitative estimate of drug-likeness (QED) is 0.195. The standard InChI is InChI=1S/C31H53N3O2/c1-5-6-7-8-9-10-11-12-13-14-15-19-24-32-30(35)28-23-20-25-33(28)31(36)29(34(2,3)4)26-27-21-17-16-18-22-27/h16-18,21-22,28-29H,5-15,19-20,23-26H2,1-4H3/p+1. The van der Waals surface area contributed by atoms with Gasteiger partial charge in [-0.05, 0) is 24.8 Å². The number of rotatable bonds is 18. The van der Waals surface area contributed by atoms with Gasteiger partial charge in [-0.3, -0.25) is 9.59 Å². The van der Waals surface area contributed by atoms with Crippen molar-refractivity contribution in [3.8, 4) is 0 Å². The first-order chi connectivity index (χ1) is 17.3. The molecule has 204 valence electrons. The zero-order valence-corrected chi connectivity index (χ0v) is 23.8. The molecule has 36 heavy (non-hydrogen) atoms. The molecule has 5 heteroatoms. The lowest BCUT2D eigenvalue weighted by Crippen LogP contribution is -2.58. The number of carbonyl (C=O) groups is 2. The van der Waals surface area contributed by atoms with E-state index in [1.165, 1.54) is 70.6 Å². The van der Waals surface area contributed by atoms with E-state index in [0.29, 0.717) is 17.4 Å². The van der Waals surface area contributed by atoms with Crippen LogP contribution in [-0.2, 0) is 16.0 Å². The Hall–Kier alpha value is -1.88. The number of unbranched alkanes of at least 4 members (excludes halogenated alkanes) is 11. The minimum Gasteiger partial charge on any atom is -0.354 e. The molecule has 2 amide bonds. The SMILES string of the molecule is CCCCCCCCCCCCCCNC(=O)C1CCCN1C(=O)C(Cc1ccccc1)[N+](C)(C)C. The van der Waals surface area contributed by atoms with Crippen LogP contribution in [0.4, 0.5) is 0 Å². The van der Waals surface area contributed by atoms with Gasteiger partial charge in [-0.25, -0.2) is 0 Å². The molecule has 0 saturated carbocycles. The van der Waals surface area contributed by atoms with Crippen LogP contribution >= 0.6 is 0 Å². The van der Waals surface area contributed by atoms with Crippen LogP contribution in [0.3, 0.4) is 0 Å². The van der Waals surface area contributed by atoms with Gasteiger partial charge in [0, 0.05) is 19.5 Å². The molecular formula is C31H54N3O2+. The maximum atomic E-state index is 13.6. The highest BCUT2D eigenvalue weighted by molar-refractivity contribution is 5.90. The Morgan fingerprint density at radius 3 is 2.00 bits per heavy atom. The maximum Gasteiger partial charge on any atom is 0.281 e. The number of likely N-dealkylation sites (N-methyl/N-ethyl adjacent to an activating group) is 1. The van der Waals surface area contributed by atoms with Crippen molar-refractivity contribution in [3.63, 3.8) is 0 Å². The van der Waals surface area contributed by atoms with E-state index in [0.717, 1.165) is 31.4 Å². The Labute approximate surface area is 221 Å². The Balaban J connectivity index is 1.68. The highest BCUT2D eigenvalue weighted by Gasteiger charge is 2.41. The van der Waals surface area contributed by atoms with Gasteiger partial charge in [0.25, 0.3) is 5.91 Å². The molecule has 5 nitrogen and oxygen atoms in total. The number of carbonyl (C=O) groups excluding carboxylic acids is 2. The highest BCUT2D eigenvalue weighted by Crippen LogP contribution is 2.23. The van der Waals surface area contributed by atoms with Crippen LogP contribution in [0, 0.1) is 0 Å². The second-order valence-corrected chi connectivity index (χ2v) is 11.7. The van der Waals surface area contributed by atoms with E-state index in [1.54, 1.807) is 0 Å². The predicted octanol–water partition coefficient (Wildman–Crippen LogP) is 6.11. The number of hydrogen-bond donors (Lipinski definition) is 1. The second kappa shape index (κ2) is 16.8. The lowest BCUT2D eigenvalue weighted by molar-refractivity contribution is -0.886. The van der Waals surface area contributed by atoms with Crippen LogP contribution in [0.5, 0.6) is 0 Å². The number of nitrogens with zero attached hydrogens (tertiary/aromatic N) is 2. The van der Waals surface area contributed by atoms with E-state index >= 15 is 0 Å². The highest BCUT2D eigenvalue weighted by atomic mass is 16.2. The molecule has 1 saturated heterocycles. The molecule has 1 aromatic carbocycles. The minimum absolute atomic E-state index is 0.0313. The molecule has 1 aromatic rings. The van der Waals surface area contributed by atoms with Crippen LogP contribution in [-0.4, -0.2) is 67.5 Å². The van der Waals surface area contributed by atoms with Crippen LogP contribution < -0.4 is 5.32 Å². The largest absolute Gasteiger partial charge is 0.354 e. The molecule has 2 unspecified atom stereocenters. The zero-order valence-electron chi connectivity index (χ0n) is 23.8. The van der Waals surface area contributed by atoms with Crippen molar-refractivity contribution >= 4 is 11.8 Å². The molecule has 2 rings (SSSR count). The van der Waals surface area contributed by atoms with Gasteiger partial charge < -0.3 is 14.7 Å². The van der Waals surface area contributed by atoms with Crippen molar-refractivity contribution in [2.75, 3.05) is 34.2 Å². The zero-order chi connectivity index (χ0) is 26.2. The van der Waals surface area contributed by atoms with Crippen molar-refractivity contribution in [1.29, 1.82) is 0 Å². The Bertz CT molecular complexity index is 744. The number of quaternary nitrogens is 1. The summed E-state index contributed by atoms with van der Waals surface area (Å²) < 4.78 is 0.553. The lowest BCUT2D eigenvalue weighted by atomic mass is 10.0. The molecule has 1 N–H and O–H groups in total. The first-order valence-electron chi connectivity index (χ1n) is 14.8. The van der Waals surface area contributed by atoms with Crippen molar-refractivity contribution in [2.45, 2.75) is 115 Å². The summed E-state index contributed by atoms with van der Waals surface area (Å²) in [6, 6.07) is 9.70. The first kappa shape index (κ1) is 30.3. The average Bonchev–Trinajstić information content (AvgIpc) is 3.35. The molecule has 0 aromatic heterocycles. The van der Waals surface area contributed by atoms with Crippen molar-refractivity contribution in [3.05, 3.63) is 35.9 Å². The summed E-state index contributed by atoms with van der Waals surface area (Å²) in [5, 5.41) is 3.13. The number of benzene rings is 1. The van der Waals surface area contributed by atoms with Gasteiger partial charge in [0.1, 0.15) is 6.04 Å².